The molecule has 0 amide bonds. The van der Waals surface area contributed by atoms with E-state index in [1.54, 1.807) is 6.20 Å². The average molecular weight is 367 g/mol. The van der Waals surface area contributed by atoms with Crippen molar-refractivity contribution in [2.75, 3.05) is 0 Å². The molecule has 0 saturated carbocycles. The molecule has 1 aromatic carbocycles. The van der Waals surface area contributed by atoms with Gasteiger partial charge in [0.05, 0.1) is 17.4 Å². The van der Waals surface area contributed by atoms with Crippen LogP contribution < -0.4 is 0 Å². The summed E-state index contributed by atoms with van der Waals surface area (Å²) >= 11 is 0. The molecule has 0 bridgehead atoms. The Balaban J connectivity index is 1.59. The maximum atomic E-state index is 14.5. The van der Waals surface area contributed by atoms with Crippen LogP contribution in [0.1, 0.15) is 57.0 Å². The fraction of sp³-hybridized carbons (Fsp3) is 0.409. The molecule has 3 rings (SSSR count). The third-order valence-corrected chi connectivity index (χ3v) is 4.85. The summed E-state index contributed by atoms with van der Waals surface area (Å²) in [5.74, 6) is 0.918. The first kappa shape index (κ1) is 19.2. The number of carbonyl (C=O) groups excluding carboxylic acids is 1. The highest BCUT2D eigenvalue weighted by Gasteiger charge is 2.11. The van der Waals surface area contributed by atoms with Gasteiger partial charge < -0.3 is 4.98 Å². The van der Waals surface area contributed by atoms with Gasteiger partial charge in [-0.1, -0.05) is 25.8 Å². The normalized spacial score (nSPS) is 11.2. The summed E-state index contributed by atoms with van der Waals surface area (Å²) in [6.45, 7) is 3.81. The highest BCUT2D eigenvalue weighted by atomic mass is 19.1. The molecule has 0 radical (unpaired) electrons. The summed E-state index contributed by atoms with van der Waals surface area (Å²) in [6.07, 6.45) is 7.96. The average Bonchev–Trinajstić information content (AvgIpc) is 3.12. The second kappa shape index (κ2) is 8.89. The molecule has 142 valence electrons. The lowest BCUT2D eigenvalue weighted by Gasteiger charge is -2.04. The zero-order valence-electron chi connectivity index (χ0n) is 16.0. The van der Waals surface area contributed by atoms with Gasteiger partial charge in [0.1, 0.15) is 17.4 Å². The molecule has 2 aromatic heterocycles. The Hall–Kier alpha value is -2.56. The number of halogens is 1. The highest BCUT2D eigenvalue weighted by Crippen LogP contribution is 2.26. The summed E-state index contributed by atoms with van der Waals surface area (Å²) < 4.78 is 14.5. The highest BCUT2D eigenvalue weighted by molar-refractivity contribution is 5.84. The van der Waals surface area contributed by atoms with E-state index in [0.29, 0.717) is 35.4 Å². The lowest BCUT2D eigenvalue weighted by atomic mass is 10.1. The van der Waals surface area contributed by atoms with E-state index in [9.17, 15) is 9.18 Å². The molecule has 2 heterocycles. The van der Waals surface area contributed by atoms with E-state index in [2.05, 4.69) is 15.0 Å². The Morgan fingerprint density at radius 3 is 2.78 bits per heavy atom. The minimum absolute atomic E-state index is 0.295. The zero-order chi connectivity index (χ0) is 19.2. The quantitative estimate of drug-likeness (QED) is 0.505. The number of aromatic amines is 1. The molecular weight excluding hydrogens is 341 g/mol. The Morgan fingerprint density at radius 2 is 1.96 bits per heavy atom. The Bertz CT molecular complexity index is 932. The summed E-state index contributed by atoms with van der Waals surface area (Å²) in [6, 6.07) is 7.19. The number of aromatic nitrogens is 3. The van der Waals surface area contributed by atoms with Crippen molar-refractivity contribution in [3.05, 3.63) is 47.8 Å². The number of rotatable bonds is 9. The van der Waals surface area contributed by atoms with E-state index in [1.807, 2.05) is 32.0 Å². The topological polar surface area (TPSA) is 58.6 Å². The van der Waals surface area contributed by atoms with E-state index in [0.717, 1.165) is 49.0 Å². The molecular formula is C22H26FN3O. The number of carbonyl (C=O) groups is 1. The van der Waals surface area contributed by atoms with E-state index in [4.69, 9.17) is 0 Å². The number of Topliss-reactive ketones (excluding diaryl/α,β-unsaturated/α-hetero) is 1. The molecule has 0 aliphatic carbocycles. The van der Waals surface area contributed by atoms with E-state index < -0.39 is 0 Å². The largest absolute Gasteiger partial charge is 0.342 e. The van der Waals surface area contributed by atoms with Crippen LogP contribution >= 0.6 is 0 Å². The third kappa shape index (κ3) is 5.00. The summed E-state index contributed by atoms with van der Waals surface area (Å²) in [4.78, 5) is 23.3. The Morgan fingerprint density at radius 1 is 1.15 bits per heavy atom. The van der Waals surface area contributed by atoms with Crippen LogP contribution in [0.2, 0.25) is 0 Å². The minimum atomic E-state index is -0.295. The molecule has 0 aliphatic rings. The third-order valence-electron chi connectivity index (χ3n) is 4.85. The van der Waals surface area contributed by atoms with Crippen LogP contribution in [0.25, 0.3) is 22.2 Å². The first-order chi connectivity index (χ1) is 13.1. The van der Waals surface area contributed by atoms with Crippen LogP contribution in [0.3, 0.4) is 0 Å². The zero-order valence-corrected chi connectivity index (χ0v) is 16.0. The number of unbranched alkanes of at least 4 members (excludes halogenated alkanes) is 3. The standard InChI is InChI=1S/C22H26FN3O/c1-3-17(27)8-6-4-5-7-9-22-24-14-21(26-22)18-12-16-11-10-15(2)25-20(16)13-19(18)23/h10-14H,3-9H2,1-2H3,(H,24,26). The first-order valence-electron chi connectivity index (χ1n) is 9.69. The number of ketones is 1. The monoisotopic (exact) mass is 367 g/mol. The number of aryl methyl sites for hydroxylation is 2. The van der Waals surface area contributed by atoms with Gasteiger partial charge in [0.25, 0.3) is 0 Å². The van der Waals surface area contributed by atoms with Gasteiger partial charge in [-0.3, -0.25) is 9.78 Å². The van der Waals surface area contributed by atoms with Gasteiger partial charge in [0.2, 0.25) is 0 Å². The summed E-state index contributed by atoms with van der Waals surface area (Å²) in [5, 5.41) is 0.912. The van der Waals surface area contributed by atoms with Gasteiger partial charge in [-0.05, 0) is 31.9 Å². The number of nitrogens with one attached hydrogen (secondary N) is 1. The van der Waals surface area contributed by atoms with Crippen LogP contribution in [0.5, 0.6) is 0 Å². The molecule has 0 atom stereocenters. The maximum absolute atomic E-state index is 14.5. The Labute approximate surface area is 159 Å². The molecule has 4 nitrogen and oxygen atoms in total. The van der Waals surface area contributed by atoms with Gasteiger partial charge in [-0.25, -0.2) is 9.37 Å². The molecule has 0 aliphatic heterocycles. The predicted octanol–water partition coefficient (Wildman–Crippen LogP) is 5.54. The number of H-pyrrole nitrogens is 1. The van der Waals surface area contributed by atoms with Crippen molar-refractivity contribution in [1.29, 1.82) is 0 Å². The predicted molar refractivity (Wildman–Crippen MR) is 106 cm³/mol. The second-order valence-corrected chi connectivity index (χ2v) is 7.03. The van der Waals surface area contributed by atoms with Crippen molar-refractivity contribution in [3.8, 4) is 11.3 Å². The van der Waals surface area contributed by atoms with Crippen LogP contribution in [0, 0.1) is 12.7 Å². The molecule has 27 heavy (non-hydrogen) atoms. The second-order valence-electron chi connectivity index (χ2n) is 7.03. The van der Waals surface area contributed by atoms with Crippen LogP contribution in [-0.4, -0.2) is 20.7 Å². The molecule has 3 aromatic rings. The molecule has 0 fully saturated rings. The Kier molecular flexibility index (Phi) is 6.32. The van der Waals surface area contributed by atoms with Crippen LogP contribution in [0.4, 0.5) is 4.39 Å². The van der Waals surface area contributed by atoms with E-state index in [1.165, 1.54) is 6.07 Å². The molecule has 0 saturated heterocycles. The first-order valence-corrected chi connectivity index (χ1v) is 9.69. The number of benzene rings is 1. The lowest BCUT2D eigenvalue weighted by molar-refractivity contribution is -0.118. The van der Waals surface area contributed by atoms with E-state index in [-0.39, 0.29) is 5.82 Å². The molecule has 0 unspecified atom stereocenters. The smallest absolute Gasteiger partial charge is 0.134 e. The van der Waals surface area contributed by atoms with Gasteiger partial charge >= 0.3 is 0 Å². The minimum Gasteiger partial charge on any atom is -0.342 e. The van der Waals surface area contributed by atoms with Crippen molar-refractivity contribution in [3.63, 3.8) is 0 Å². The van der Waals surface area contributed by atoms with Crippen molar-refractivity contribution in [2.45, 2.75) is 58.8 Å². The lowest BCUT2D eigenvalue weighted by Crippen LogP contribution is -1.95. The molecule has 1 N–H and O–H groups in total. The van der Waals surface area contributed by atoms with Crippen molar-refractivity contribution < 1.29 is 9.18 Å². The van der Waals surface area contributed by atoms with E-state index >= 15 is 0 Å². The molecule has 5 heteroatoms. The van der Waals surface area contributed by atoms with Gasteiger partial charge in [0.15, 0.2) is 0 Å². The number of pyridine rings is 1. The van der Waals surface area contributed by atoms with Crippen molar-refractivity contribution in [1.82, 2.24) is 15.0 Å². The van der Waals surface area contributed by atoms with Crippen LogP contribution in [-0.2, 0) is 11.2 Å². The van der Waals surface area contributed by atoms with Crippen LogP contribution in [0.15, 0.2) is 30.5 Å². The fourth-order valence-corrected chi connectivity index (χ4v) is 3.23. The SMILES string of the molecule is CCC(=O)CCCCCCc1ncc(-c2cc3ccc(C)nc3cc2F)[nH]1. The number of hydrogen-bond acceptors (Lipinski definition) is 3. The maximum Gasteiger partial charge on any atom is 0.134 e. The number of imidazole rings is 1. The number of fused-ring (bicyclic) bond motifs is 1. The van der Waals surface area contributed by atoms with Crippen molar-refractivity contribution >= 4 is 16.7 Å². The molecule has 0 spiro atoms. The summed E-state index contributed by atoms with van der Waals surface area (Å²) in [5.41, 5.74) is 2.75. The van der Waals surface area contributed by atoms with Gasteiger partial charge in [0, 0.05) is 42.0 Å². The van der Waals surface area contributed by atoms with Gasteiger partial charge in [-0.2, -0.15) is 0 Å². The van der Waals surface area contributed by atoms with Gasteiger partial charge in [-0.15, -0.1) is 0 Å². The number of nitrogens with zero attached hydrogens (tertiary/aromatic N) is 2. The fourth-order valence-electron chi connectivity index (χ4n) is 3.23. The summed E-state index contributed by atoms with van der Waals surface area (Å²) in [7, 11) is 0. The van der Waals surface area contributed by atoms with Crippen molar-refractivity contribution in [2.24, 2.45) is 0 Å². The number of hydrogen-bond donors (Lipinski definition) is 1.